The van der Waals surface area contributed by atoms with E-state index in [1.807, 2.05) is 6.92 Å². The molecule has 0 saturated heterocycles. The molecular formula is C11H10FNO. The molecule has 2 nitrogen and oxygen atoms in total. The van der Waals surface area contributed by atoms with E-state index in [1.165, 1.54) is 18.2 Å². The van der Waals surface area contributed by atoms with Crippen molar-refractivity contribution >= 4 is 11.6 Å². The molecular weight excluding hydrogens is 181 g/mol. The number of halogens is 1. The maximum absolute atomic E-state index is 12.7. The Morgan fingerprint density at radius 1 is 1.57 bits per heavy atom. The van der Waals surface area contributed by atoms with Gasteiger partial charge in [-0.05, 0) is 24.1 Å². The Morgan fingerprint density at radius 2 is 2.36 bits per heavy atom. The highest BCUT2D eigenvalue weighted by atomic mass is 19.1. The second kappa shape index (κ2) is 5.03. The lowest BCUT2D eigenvalue weighted by molar-refractivity contribution is -0.111. The molecule has 0 aromatic heterocycles. The Hall–Kier alpha value is -1.82. The molecule has 0 unspecified atom stereocenters. The van der Waals surface area contributed by atoms with Crippen molar-refractivity contribution in [3.05, 3.63) is 30.1 Å². The van der Waals surface area contributed by atoms with Crippen LogP contribution in [0.4, 0.5) is 10.1 Å². The molecule has 0 heterocycles. The van der Waals surface area contributed by atoms with Crippen molar-refractivity contribution in [1.82, 2.24) is 0 Å². The maximum atomic E-state index is 12.7. The number of anilines is 1. The zero-order valence-corrected chi connectivity index (χ0v) is 7.80. The Labute approximate surface area is 82.1 Å². The third-order valence-electron chi connectivity index (χ3n) is 1.46. The van der Waals surface area contributed by atoms with Gasteiger partial charge in [0.25, 0.3) is 5.91 Å². The second-order valence-corrected chi connectivity index (χ2v) is 2.62. The number of carbonyl (C=O) groups is 1. The van der Waals surface area contributed by atoms with Crippen LogP contribution in [0.5, 0.6) is 0 Å². The lowest BCUT2D eigenvalue weighted by atomic mass is 10.3. The summed E-state index contributed by atoms with van der Waals surface area (Å²) in [4.78, 5) is 11.1. The molecule has 0 aliphatic heterocycles. The van der Waals surface area contributed by atoms with E-state index in [4.69, 9.17) is 0 Å². The first kappa shape index (κ1) is 10.3. The van der Waals surface area contributed by atoms with Crippen molar-refractivity contribution in [3.8, 4) is 11.8 Å². The third kappa shape index (κ3) is 3.28. The van der Waals surface area contributed by atoms with Crippen LogP contribution in [-0.2, 0) is 4.79 Å². The summed E-state index contributed by atoms with van der Waals surface area (Å²) in [5, 5.41) is 2.46. The number of hydrogen-bond acceptors (Lipinski definition) is 1. The van der Waals surface area contributed by atoms with Crippen molar-refractivity contribution < 1.29 is 9.18 Å². The van der Waals surface area contributed by atoms with Crippen molar-refractivity contribution in [3.63, 3.8) is 0 Å². The molecule has 1 amide bonds. The molecule has 14 heavy (non-hydrogen) atoms. The van der Waals surface area contributed by atoms with Crippen molar-refractivity contribution in [1.29, 1.82) is 0 Å². The fraction of sp³-hybridized carbons (Fsp3) is 0.182. The van der Waals surface area contributed by atoms with Crippen LogP contribution in [-0.4, -0.2) is 5.91 Å². The van der Waals surface area contributed by atoms with Gasteiger partial charge in [0, 0.05) is 12.1 Å². The summed E-state index contributed by atoms with van der Waals surface area (Å²) in [6.45, 7) is 1.85. The first-order chi connectivity index (χ1) is 6.72. The lowest BCUT2D eigenvalue weighted by Gasteiger charge is -1.99. The van der Waals surface area contributed by atoms with E-state index in [9.17, 15) is 9.18 Å². The van der Waals surface area contributed by atoms with E-state index in [0.29, 0.717) is 12.1 Å². The monoisotopic (exact) mass is 191 g/mol. The predicted molar refractivity (Wildman–Crippen MR) is 53.1 cm³/mol. The first-order valence-corrected chi connectivity index (χ1v) is 4.28. The van der Waals surface area contributed by atoms with Crippen molar-refractivity contribution in [2.75, 3.05) is 5.32 Å². The van der Waals surface area contributed by atoms with Crippen LogP contribution in [0.1, 0.15) is 13.3 Å². The van der Waals surface area contributed by atoms with Gasteiger partial charge in [-0.15, -0.1) is 0 Å². The Bertz CT molecular complexity index is 390. The van der Waals surface area contributed by atoms with Gasteiger partial charge in [-0.2, -0.15) is 0 Å². The SMILES string of the molecule is CCC#CC(=O)Nc1cccc(F)c1. The summed E-state index contributed by atoms with van der Waals surface area (Å²) in [6.07, 6.45) is 0.622. The molecule has 0 saturated carbocycles. The van der Waals surface area contributed by atoms with Gasteiger partial charge in [0.2, 0.25) is 0 Å². The molecule has 0 atom stereocenters. The molecule has 0 radical (unpaired) electrons. The highest BCUT2D eigenvalue weighted by molar-refractivity contribution is 6.03. The summed E-state index contributed by atoms with van der Waals surface area (Å²) in [5.74, 6) is 4.20. The van der Waals surface area contributed by atoms with E-state index in [-0.39, 0.29) is 5.82 Å². The van der Waals surface area contributed by atoms with Gasteiger partial charge in [0.15, 0.2) is 0 Å². The molecule has 0 spiro atoms. The van der Waals surface area contributed by atoms with Crippen molar-refractivity contribution in [2.45, 2.75) is 13.3 Å². The molecule has 1 N–H and O–H groups in total. The number of nitrogens with one attached hydrogen (secondary N) is 1. The largest absolute Gasteiger partial charge is 0.315 e. The number of hydrogen-bond donors (Lipinski definition) is 1. The fourth-order valence-corrected chi connectivity index (χ4v) is 0.897. The Kier molecular flexibility index (Phi) is 3.69. The maximum Gasteiger partial charge on any atom is 0.300 e. The van der Waals surface area contributed by atoms with Gasteiger partial charge < -0.3 is 5.32 Å². The van der Waals surface area contributed by atoms with Crippen LogP contribution >= 0.6 is 0 Å². The molecule has 0 bridgehead atoms. The zero-order valence-electron chi connectivity index (χ0n) is 7.80. The van der Waals surface area contributed by atoms with E-state index < -0.39 is 5.91 Å². The van der Waals surface area contributed by atoms with Crippen LogP contribution in [0.3, 0.4) is 0 Å². The minimum Gasteiger partial charge on any atom is -0.315 e. The van der Waals surface area contributed by atoms with Crippen LogP contribution in [0, 0.1) is 17.7 Å². The predicted octanol–water partition coefficient (Wildman–Crippen LogP) is 2.18. The molecule has 0 aliphatic rings. The van der Waals surface area contributed by atoms with Crippen LogP contribution in [0.2, 0.25) is 0 Å². The normalized spacial score (nSPS) is 8.71. The molecule has 3 heteroatoms. The van der Waals surface area contributed by atoms with Crippen LogP contribution < -0.4 is 5.32 Å². The van der Waals surface area contributed by atoms with Gasteiger partial charge in [0.1, 0.15) is 5.82 Å². The Balaban J connectivity index is 2.65. The van der Waals surface area contributed by atoms with Crippen LogP contribution in [0.25, 0.3) is 0 Å². The Morgan fingerprint density at radius 3 is 3.00 bits per heavy atom. The molecule has 1 rings (SSSR count). The second-order valence-electron chi connectivity index (χ2n) is 2.62. The van der Waals surface area contributed by atoms with E-state index in [2.05, 4.69) is 17.2 Å². The fourth-order valence-electron chi connectivity index (χ4n) is 0.897. The molecule has 0 aliphatic carbocycles. The highest BCUT2D eigenvalue weighted by Crippen LogP contribution is 2.08. The molecule has 72 valence electrons. The van der Waals surface area contributed by atoms with Gasteiger partial charge in [-0.1, -0.05) is 18.9 Å². The topological polar surface area (TPSA) is 29.1 Å². The highest BCUT2D eigenvalue weighted by Gasteiger charge is 1.97. The van der Waals surface area contributed by atoms with Crippen LogP contribution in [0.15, 0.2) is 24.3 Å². The van der Waals surface area contributed by atoms with Gasteiger partial charge in [-0.3, -0.25) is 4.79 Å². The summed E-state index contributed by atoms with van der Waals surface area (Å²) in [7, 11) is 0. The van der Waals surface area contributed by atoms with Crippen molar-refractivity contribution in [2.24, 2.45) is 0 Å². The van der Waals surface area contributed by atoms with E-state index in [1.54, 1.807) is 6.07 Å². The minimum absolute atomic E-state index is 0.383. The summed E-state index contributed by atoms with van der Waals surface area (Å²) in [6, 6.07) is 5.69. The van der Waals surface area contributed by atoms with Gasteiger partial charge in [0.05, 0.1) is 0 Å². The smallest absolute Gasteiger partial charge is 0.300 e. The van der Waals surface area contributed by atoms with E-state index in [0.717, 1.165) is 0 Å². The number of carbonyl (C=O) groups excluding carboxylic acids is 1. The zero-order chi connectivity index (χ0) is 10.4. The molecule has 1 aromatic carbocycles. The lowest BCUT2D eigenvalue weighted by Crippen LogP contribution is -2.08. The average molecular weight is 191 g/mol. The molecule has 1 aromatic rings. The first-order valence-electron chi connectivity index (χ1n) is 4.28. The quantitative estimate of drug-likeness (QED) is 0.677. The number of amides is 1. The third-order valence-corrected chi connectivity index (χ3v) is 1.46. The van der Waals surface area contributed by atoms with E-state index >= 15 is 0 Å². The summed E-state index contributed by atoms with van der Waals surface area (Å²) in [5.41, 5.74) is 0.417. The van der Waals surface area contributed by atoms with Gasteiger partial charge >= 0.3 is 0 Å². The minimum atomic E-state index is -0.419. The average Bonchev–Trinajstić information content (AvgIpc) is 2.15. The van der Waals surface area contributed by atoms with Gasteiger partial charge in [-0.25, -0.2) is 4.39 Å². The standard InChI is InChI=1S/C11H10FNO/c1-2-3-7-11(14)13-10-6-4-5-9(12)8-10/h4-6,8H,2H2,1H3,(H,13,14). The molecule has 0 fully saturated rings. The number of benzene rings is 1. The summed E-state index contributed by atoms with van der Waals surface area (Å²) < 4.78 is 12.7. The summed E-state index contributed by atoms with van der Waals surface area (Å²) >= 11 is 0. The number of rotatable bonds is 1.